The molecular weight excluding hydrogens is 254 g/mol. The monoisotopic (exact) mass is 275 g/mol. The summed E-state index contributed by atoms with van der Waals surface area (Å²) in [5, 5.41) is 3.34. The molecule has 2 aliphatic heterocycles. The van der Waals surface area contributed by atoms with Crippen molar-refractivity contribution in [3.63, 3.8) is 0 Å². The van der Waals surface area contributed by atoms with Gasteiger partial charge in [-0.25, -0.2) is 4.79 Å². The fraction of sp³-hybridized carbons (Fsp3) is 0.533. The lowest BCUT2D eigenvalue weighted by atomic mass is 10.1. The second-order valence-electron chi connectivity index (χ2n) is 5.38. The minimum atomic E-state index is -0.194. The maximum absolute atomic E-state index is 11.9. The minimum Gasteiger partial charge on any atom is -0.445 e. The fourth-order valence-corrected chi connectivity index (χ4v) is 2.69. The number of carbonyl (C=O) groups excluding carboxylic acids is 1. The van der Waals surface area contributed by atoms with E-state index in [9.17, 15) is 4.79 Å². The summed E-state index contributed by atoms with van der Waals surface area (Å²) in [6.07, 6.45) is -0.194. The zero-order chi connectivity index (χ0) is 13.8. The van der Waals surface area contributed by atoms with Gasteiger partial charge in [-0.1, -0.05) is 30.3 Å². The van der Waals surface area contributed by atoms with Crippen LogP contribution in [0.25, 0.3) is 0 Å². The first-order valence-corrected chi connectivity index (χ1v) is 7.23. The molecule has 2 saturated heterocycles. The molecule has 0 spiro atoms. The van der Waals surface area contributed by atoms with Crippen molar-refractivity contribution in [2.24, 2.45) is 0 Å². The molecule has 5 heteroatoms. The van der Waals surface area contributed by atoms with E-state index in [-0.39, 0.29) is 6.09 Å². The first kappa shape index (κ1) is 13.4. The quantitative estimate of drug-likeness (QED) is 0.891. The van der Waals surface area contributed by atoms with Gasteiger partial charge in [0.2, 0.25) is 0 Å². The molecular formula is C15H21N3O2. The average molecular weight is 275 g/mol. The Labute approximate surface area is 119 Å². The Bertz CT molecular complexity index is 440. The third kappa shape index (κ3) is 3.11. The van der Waals surface area contributed by atoms with Crippen molar-refractivity contribution in [2.45, 2.75) is 12.6 Å². The highest BCUT2D eigenvalue weighted by molar-refractivity contribution is 5.68. The standard InChI is InChI=1S/C15H21N3O2/c19-15(20-12-13-4-2-1-3-5-13)18-10-14(11-18)17-8-6-16-7-9-17/h1-5,14,16H,6-12H2. The molecule has 0 unspecified atom stereocenters. The molecule has 0 aromatic heterocycles. The van der Waals surface area contributed by atoms with Gasteiger partial charge in [0.25, 0.3) is 0 Å². The van der Waals surface area contributed by atoms with Crippen LogP contribution >= 0.6 is 0 Å². The topological polar surface area (TPSA) is 44.8 Å². The van der Waals surface area contributed by atoms with E-state index in [1.165, 1.54) is 0 Å². The summed E-state index contributed by atoms with van der Waals surface area (Å²) in [7, 11) is 0. The van der Waals surface area contributed by atoms with Gasteiger partial charge in [-0.3, -0.25) is 4.90 Å². The predicted octanol–water partition coefficient (Wildman–Crippen LogP) is 0.913. The molecule has 5 nitrogen and oxygen atoms in total. The lowest BCUT2D eigenvalue weighted by Gasteiger charge is -2.46. The maximum Gasteiger partial charge on any atom is 0.410 e. The van der Waals surface area contributed by atoms with Crippen molar-refractivity contribution in [3.8, 4) is 0 Å². The number of rotatable bonds is 3. The van der Waals surface area contributed by atoms with Crippen molar-refractivity contribution in [2.75, 3.05) is 39.3 Å². The summed E-state index contributed by atoms with van der Waals surface area (Å²) in [5.41, 5.74) is 1.03. The first-order valence-electron chi connectivity index (χ1n) is 7.23. The largest absolute Gasteiger partial charge is 0.445 e. The van der Waals surface area contributed by atoms with Crippen LogP contribution in [0.1, 0.15) is 5.56 Å². The van der Waals surface area contributed by atoms with Gasteiger partial charge in [-0.05, 0) is 5.56 Å². The predicted molar refractivity (Wildman–Crippen MR) is 76.4 cm³/mol. The molecule has 108 valence electrons. The summed E-state index contributed by atoms with van der Waals surface area (Å²) >= 11 is 0. The van der Waals surface area contributed by atoms with Crippen LogP contribution in [0.3, 0.4) is 0 Å². The Morgan fingerprint density at radius 1 is 1.20 bits per heavy atom. The number of hydrogen-bond acceptors (Lipinski definition) is 4. The number of benzene rings is 1. The van der Waals surface area contributed by atoms with Crippen molar-refractivity contribution in [1.29, 1.82) is 0 Å². The van der Waals surface area contributed by atoms with Crippen molar-refractivity contribution in [1.82, 2.24) is 15.1 Å². The highest BCUT2D eigenvalue weighted by Gasteiger charge is 2.35. The van der Waals surface area contributed by atoms with Gasteiger partial charge in [0.1, 0.15) is 6.61 Å². The molecule has 0 saturated carbocycles. The van der Waals surface area contributed by atoms with Crippen LogP contribution in [0, 0.1) is 0 Å². The normalized spacial score (nSPS) is 20.5. The third-order valence-electron chi connectivity index (χ3n) is 3.99. The zero-order valence-electron chi connectivity index (χ0n) is 11.6. The van der Waals surface area contributed by atoms with Crippen LogP contribution in [-0.4, -0.2) is 61.2 Å². The SMILES string of the molecule is O=C(OCc1ccccc1)N1CC(N2CCNCC2)C1. The van der Waals surface area contributed by atoms with E-state index in [1.54, 1.807) is 4.90 Å². The van der Waals surface area contributed by atoms with E-state index in [0.29, 0.717) is 12.6 Å². The number of piperazine rings is 1. The number of likely N-dealkylation sites (tertiary alicyclic amines) is 1. The van der Waals surface area contributed by atoms with Crippen LogP contribution in [0.5, 0.6) is 0 Å². The molecule has 0 aliphatic carbocycles. The van der Waals surface area contributed by atoms with Crippen LogP contribution in [0.4, 0.5) is 4.79 Å². The van der Waals surface area contributed by atoms with Crippen molar-refractivity contribution >= 4 is 6.09 Å². The molecule has 3 rings (SSSR count). The number of amides is 1. The van der Waals surface area contributed by atoms with Crippen molar-refractivity contribution < 1.29 is 9.53 Å². The molecule has 1 aromatic carbocycles. The van der Waals surface area contributed by atoms with E-state index in [0.717, 1.165) is 44.8 Å². The van der Waals surface area contributed by atoms with E-state index >= 15 is 0 Å². The molecule has 0 radical (unpaired) electrons. The number of ether oxygens (including phenoxy) is 1. The molecule has 0 bridgehead atoms. The van der Waals surface area contributed by atoms with Gasteiger partial charge in [0, 0.05) is 45.3 Å². The fourth-order valence-electron chi connectivity index (χ4n) is 2.69. The van der Waals surface area contributed by atoms with Gasteiger partial charge in [0.15, 0.2) is 0 Å². The Balaban J connectivity index is 1.39. The molecule has 20 heavy (non-hydrogen) atoms. The summed E-state index contributed by atoms with van der Waals surface area (Å²) in [6, 6.07) is 10.3. The summed E-state index contributed by atoms with van der Waals surface area (Å²) < 4.78 is 5.32. The first-order chi connectivity index (χ1) is 9.83. The number of nitrogens with zero attached hydrogens (tertiary/aromatic N) is 2. The van der Waals surface area contributed by atoms with Crippen LogP contribution in [-0.2, 0) is 11.3 Å². The Morgan fingerprint density at radius 2 is 1.90 bits per heavy atom. The van der Waals surface area contributed by atoms with E-state index in [4.69, 9.17) is 4.74 Å². The molecule has 1 N–H and O–H groups in total. The van der Waals surface area contributed by atoms with Gasteiger partial charge in [0.05, 0.1) is 0 Å². The smallest absolute Gasteiger partial charge is 0.410 e. The Morgan fingerprint density at radius 3 is 2.60 bits per heavy atom. The minimum absolute atomic E-state index is 0.194. The van der Waals surface area contributed by atoms with Crippen LogP contribution < -0.4 is 5.32 Å². The summed E-state index contributed by atoms with van der Waals surface area (Å²) in [5.74, 6) is 0. The summed E-state index contributed by atoms with van der Waals surface area (Å²) in [6.45, 7) is 6.22. The highest BCUT2D eigenvalue weighted by atomic mass is 16.6. The Hall–Kier alpha value is -1.59. The molecule has 2 heterocycles. The Kier molecular flexibility index (Phi) is 4.18. The number of carbonyl (C=O) groups is 1. The van der Waals surface area contributed by atoms with Gasteiger partial charge < -0.3 is 15.0 Å². The van der Waals surface area contributed by atoms with Crippen molar-refractivity contribution in [3.05, 3.63) is 35.9 Å². The van der Waals surface area contributed by atoms with Crippen LogP contribution in [0.2, 0.25) is 0 Å². The van der Waals surface area contributed by atoms with Gasteiger partial charge >= 0.3 is 6.09 Å². The number of nitrogens with one attached hydrogen (secondary N) is 1. The molecule has 1 aromatic rings. The second kappa shape index (κ2) is 6.24. The van der Waals surface area contributed by atoms with E-state index in [2.05, 4.69) is 10.2 Å². The van der Waals surface area contributed by atoms with Gasteiger partial charge in [-0.2, -0.15) is 0 Å². The number of hydrogen-bond donors (Lipinski definition) is 1. The maximum atomic E-state index is 11.9. The third-order valence-corrected chi connectivity index (χ3v) is 3.99. The molecule has 0 atom stereocenters. The summed E-state index contributed by atoms with van der Waals surface area (Å²) in [4.78, 5) is 16.1. The molecule has 2 fully saturated rings. The second-order valence-corrected chi connectivity index (χ2v) is 5.38. The molecule has 2 aliphatic rings. The van der Waals surface area contributed by atoms with Crippen LogP contribution in [0.15, 0.2) is 30.3 Å². The van der Waals surface area contributed by atoms with E-state index < -0.39 is 0 Å². The highest BCUT2D eigenvalue weighted by Crippen LogP contribution is 2.17. The van der Waals surface area contributed by atoms with E-state index in [1.807, 2.05) is 30.3 Å². The van der Waals surface area contributed by atoms with Gasteiger partial charge in [-0.15, -0.1) is 0 Å². The average Bonchev–Trinajstić information content (AvgIpc) is 2.46. The zero-order valence-corrected chi connectivity index (χ0v) is 11.6. The lowest BCUT2D eigenvalue weighted by molar-refractivity contribution is 0.0147. The molecule has 1 amide bonds. The lowest BCUT2D eigenvalue weighted by Crippen LogP contribution is -2.63.